The number of ether oxygens (including phenoxy) is 1. The van der Waals surface area contributed by atoms with E-state index in [1.54, 1.807) is 0 Å². The third kappa shape index (κ3) is 1.59. The molecule has 0 saturated carbocycles. The van der Waals surface area contributed by atoms with Gasteiger partial charge in [0.15, 0.2) is 0 Å². The van der Waals surface area contributed by atoms with Gasteiger partial charge in [0.2, 0.25) is 0 Å². The van der Waals surface area contributed by atoms with Crippen LogP contribution in [-0.4, -0.2) is 36.5 Å². The van der Waals surface area contributed by atoms with Gasteiger partial charge in [-0.2, -0.15) is 0 Å². The van der Waals surface area contributed by atoms with Gasteiger partial charge in [-0.15, -0.1) is 12.4 Å². The Bertz CT molecular complexity index is 148. The summed E-state index contributed by atoms with van der Waals surface area (Å²) in [5, 5.41) is 13.1. The van der Waals surface area contributed by atoms with Gasteiger partial charge < -0.3 is 15.2 Å². The van der Waals surface area contributed by atoms with Crippen molar-refractivity contribution in [2.24, 2.45) is 0 Å². The molecule has 1 spiro atoms. The molecule has 2 N–H and O–H groups in total. The zero-order valence-electron chi connectivity index (χ0n) is 7.08. The van der Waals surface area contributed by atoms with Crippen molar-refractivity contribution in [1.82, 2.24) is 5.32 Å². The molecule has 4 heteroatoms. The van der Waals surface area contributed by atoms with Crippen LogP contribution in [0.1, 0.15) is 19.3 Å². The summed E-state index contributed by atoms with van der Waals surface area (Å²) in [6.45, 7) is 2.51. The Morgan fingerprint density at radius 3 is 2.92 bits per heavy atom. The highest BCUT2D eigenvalue weighted by atomic mass is 35.5. The highest BCUT2D eigenvalue weighted by Gasteiger charge is 2.42. The monoisotopic (exact) mass is 193 g/mol. The fraction of sp³-hybridized carbons (Fsp3) is 1.00. The van der Waals surface area contributed by atoms with E-state index in [0.29, 0.717) is 6.61 Å². The lowest BCUT2D eigenvalue weighted by Crippen LogP contribution is -2.58. The Kier molecular flexibility index (Phi) is 3.35. The van der Waals surface area contributed by atoms with Gasteiger partial charge in [0, 0.05) is 6.61 Å². The van der Waals surface area contributed by atoms with Gasteiger partial charge in [-0.3, -0.25) is 0 Å². The van der Waals surface area contributed by atoms with Crippen LogP contribution in [0, 0.1) is 0 Å². The predicted octanol–water partition coefficient (Wildman–Crippen LogP) is 0.312. The van der Waals surface area contributed by atoms with Crippen molar-refractivity contribution in [3.8, 4) is 0 Å². The lowest BCUT2D eigenvalue weighted by Gasteiger charge is -2.37. The van der Waals surface area contributed by atoms with Crippen LogP contribution in [0.25, 0.3) is 0 Å². The lowest BCUT2D eigenvalue weighted by atomic mass is 9.85. The molecular formula is C8H16ClNO2. The molecule has 0 amide bonds. The molecule has 2 aliphatic heterocycles. The van der Waals surface area contributed by atoms with E-state index in [-0.39, 0.29) is 24.0 Å². The first kappa shape index (κ1) is 10.3. The molecule has 72 valence electrons. The number of hydrogen-bond donors (Lipinski definition) is 2. The first-order valence-corrected chi connectivity index (χ1v) is 4.34. The number of piperidine rings is 1. The largest absolute Gasteiger partial charge is 0.391 e. The molecule has 0 aromatic heterocycles. The van der Waals surface area contributed by atoms with Gasteiger partial charge in [-0.05, 0) is 25.8 Å². The number of aliphatic hydroxyl groups is 1. The van der Waals surface area contributed by atoms with Crippen LogP contribution < -0.4 is 5.32 Å². The summed E-state index contributed by atoms with van der Waals surface area (Å²) < 4.78 is 5.29. The smallest absolute Gasteiger partial charge is 0.0745 e. The minimum atomic E-state index is -0.196. The van der Waals surface area contributed by atoms with E-state index in [9.17, 15) is 5.11 Å². The summed E-state index contributed by atoms with van der Waals surface area (Å²) in [6, 6.07) is 0. The molecule has 2 unspecified atom stereocenters. The van der Waals surface area contributed by atoms with Crippen LogP contribution in [0.2, 0.25) is 0 Å². The van der Waals surface area contributed by atoms with E-state index < -0.39 is 0 Å². The van der Waals surface area contributed by atoms with Crippen LogP contribution in [0.3, 0.4) is 0 Å². The molecule has 2 atom stereocenters. The Morgan fingerprint density at radius 2 is 2.33 bits per heavy atom. The third-order valence-corrected chi connectivity index (χ3v) is 2.82. The molecule has 2 heterocycles. The Hall–Kier alpha value is 0.170. The highest BCUT2D eigenvalue weighted by Crippen LogP contribution is 2.27. The number of rotatable bonds is 0. The van der Waals surface area contributed by atoms with Crippen molar-refractivity contribution in [3.63, 3.8) is 0 Å². The molecule has 0 aromatic carbocycles. The van der Waals surface area contributed by atoms with Crippen LogP contribution in [-0.2, 0) is 4.74 Å². The van der Waals surface area contributed by atoms with Crippen molar-refractivity contribution in [1.29, 1.82) is 0 Å². The number of nitrogens with one attached hydrogen (secondary N) is 1. The predicted molar refractivity (Wildman–Crippen MR) is 48.7 cm³/mol. The highest BCUT2D eigenvalue weighted by molar-refractivity contribution is 5.85. The van der Waals surface area contributed by atoms with E-state index in [1.165, 1.54) is 0 Å². The summed E-state index contributed by atoms with van der Waals surface area (Å²) in [5.74, 6) is 0. The molecule has 0 aromatic rings. The van der Waals surface area contributed by atoms with Crippen LogP contribution in [0.15, 0.2) is 0 Å². The van der Waals surface area contributed by atoms with E-state index >= 15 is 0 Å². The molecule has 2 saturated heterocycles. The van der Waals surface area contributed by atoms with Crippen molar-refractivity contribution < 1.29 is 9.84 Å². The molecule has 0 radical (unpaired) electrons. The van der Waals surface area contributed by atoms with E-state index in [4.69, 9.17) is 4.74 Å². The average Bonchev–Trinajstić information content (AvgIpc) is 2.46. The second-order valence-corrected chi connectivity index (χ2v) is 3.54. The maximum atomic E-state index is 9.72. The quantitative estimate of drug-likeness (QED) is 0.582. The zero-order valence-corrected chi connectivity index (χ0v) is 7.90. The third-order valence-electron chi connectivity index (χ3n) is 2.82. The van der Waals surface area contributed by atoms with Crippen LogP contribution >= 0.6 is 12.4 Å². The minimum Gasteiger partial charge on any atom is -0.391 e. The fourth-order valence-corrected chi connectivity index (χ4v) is 2.01. The summed E-state index contributed by atoms with van der Waals surface area (Å²) in [7, 11) is 0. The molecule has 0 bridgehead atoms. The Labute approximate surface area is 78.9 Å². The van der Waals surface area contributed by atoms with Crippen molar-refractivity contribution in [2.75, 3.05) is 19.8 Å². The topological polar surface area (TPSA) is 41.5 Å². The number of hydrogen-bond acceptors (Lipinski definition) is 3. The van der Waals surface area contributed by atoms with Gasteiger partial charge in [-0.1, -0.05) is 0 Å². The zero-order chi connectivity index (χ0) is 7.73. The fourth-order valence-electron chi connectivity index (χ4n) is 2.01. The molecule has 12 heavy (non-hydrogen) atoms. The SMILES string of the molecule is Cl.OC1CCCNC12CCOC2. The summed E-state index contributed by atoms with van der Waals surface area (Å²) >= 11 is 0. The molecule has 2 fully saturated rings. The van der Waals surface area contributed by atoms with E-state index in [2.05, 4.69) is 5.32 Å². The summed E-state index contributed by atoms with van der Waals surface area (Å²) in [6.07, 6.45) is 2.78. The van der Waals surface area contributed by atoms with Gasteiger partial charge >= 0.3 is 0 Å². The molecule has 0 aliphatic carbocycles. The first-order chi connectivity index (χ1) is 5.33. The second-order valence-electron chi connectivity index (χ2n) is 3.54. The van der Waals surface area contributed by atoms with Crippen LogP contribution in [0.4, 0.5) is 0 Å². The van der Waals surface area contributed by atoms with E-state index in [1.807, 2.05) is 0 Å². The minimum absolute atomic E-state index is 0. The molecule has 3 nitrogen and oxygen atoms in total. The maximum absolute atomic E-state index is 9.72. The van der Waals surface area contributed by atoms with Gasteiger partial charge in [0.1, 0.15) is 0 Å². The van der Waals surface area contributed by atoms with Crippen LogP contribution in [0.5, 0.6) is 0 Å². The number of halogens is 1. The molecular weight excluding hydrogens is 178 g/mol. The molecule has 2 aliphatic rings. The Balaban J connectivity index is 0.000000720. The summed E-state index contributed by atoms with van der Waals surface area (Å²) in [4.78, 5) is 0. The van der Waals surface area contributed by atoms with Crippen molar-refractivity contribution >= 4 is 12.4 Å². The lowest BCUT2D eigenvalue weighted by molar-refractivity contribution is 0.0221. The van der Waals surface area contributed by atoms with Crippen molar-refractivity contribution in [2.45, 2.75) is 30.9 Å². The van der Waals surface area contributed by atoms with Crippen molar-refractivity contribution in [3.05, 3.63) is 0 Å². The normalized spacial score (nSPS) is 41.2. The van der Waals surface area contributed by atoms with E-state index in [0.717, 1.165) is 32.4 Å². The number of aliphatic hydroxyl groups excluding tert-OH is 1. The average molecular weight is 194 g/mol. The maximum Gasteiger partial charge on any atom is 0.0745 e. The summed E-state index contributed by atoms with van der Waals surface area (Å²) in [5.41, 5.74) is -0.0851. The standard InChI is InChI=1S/C8H15NO2.ClH/c10-7-2-1-4-9-8(7)3-5-11-6-8;/h7,9-10H,1-6H2;1H. The molecule has 2 rings (SSSR count). The van der Waals surface area contributed by atoms with Gasteiger partial charge in [0.05, 0.1) is 18.2 Å². The first-order valence-electron chi connectivity index (χ1n) is 4.34. The Morgan fingerprint density at radius 1 is 1.50 bits per heavy atom. The second kappa shape index (κ2) is 3.92. The van der Waals surface area contributed by atoms with Gasteiger partial charge in [0.25, 0.3) is 0 Å². The van der Waals surface area contributed by atoms with Gasteiger partial charge in [-0.25, -0.2) is 0 Å².